The first-order chi connectivity index (χ1) is 4.34. The van der Waals surface area contributed by atoms with Crippen LogP contribution in [0.25, 0.3) is 0 Å². The molecule has 2 nitrogen and oxygen atoms in total. The zero-order valence-electron chi connectivity index (χ0n) is 7.13. The van der Waals surface area contributed by atoms with Crippen LogP contribution in [0.4, 0.5) is 5.82 Å². The molecule has 10 heavy (non-hydrogen) atoms. The van der Waals surface area contributed by atoms with E-state index in [0.29, 0.717) is 0 Å². The van der Waals surface area contributed by atoms with Crippen LogP contribution in [0.1, 0.15) is 1.43 Å². The maximum atomic E-state index is 4.15. The maximum Gasteiger partial charge on any atom is 1.00 e. The molecule has 50 valence electrons. The van der Waals surface area contributed by atoms with Crippen LogP contribution in [0, 0.1) is 0 Å². The third kappa shape index (κ3) is 2.50. The van der Waals surface area contributed by atoms with E-state index >= 15 is 0 Å². The van der Waals surface area contributed by atoms with Gasteiger partial charge in [-0.25, -0.2) is 4.98 Å². The average Bonchev–Trinajstić information content (AvgIpc) is 1.89. The standard InChI is InChI=1S/C6H8N2S.Na.H/c1-7-6-5(9)3-2-4-8-6;;/h2-4,9H,1H3,(H,7,8);;/q;+1;-1. The number of aromatic nitrogens is 1. The van der Waals surface area contributed by atoms with E-state index in [1.807, 2.05) is 19.2 Å². The molecule has 0 radical (unpaired) electrons. The van der Waals surface area contributed by atoms with Crippen LogP contribution in [-0.2, 0) is 0 Å². The molecule has 1 rings (SSSR count). The number of hydrogen-bond acceptors (Lipinski definition) is 3. The smallest absolute Gasteiger partial charge is 1.00 e. The van der Waals surface area contributed by atoms with Gasteiger partial charge in [-0.2, -0.15) is 0 Å². The van der Waals surface area contributed by atoms with Crippen LogP contribution in [0.15, 0.2) is 23.2 Å². The molecule has 0 saturated carbocycles. The fourth-order valence-electron chi connectivity index (χ4n) is 0.589. The summed E-state index contributed by atoms with van der Waals surface area (Å²) >= 11 is 4.15. The first kappa shape index (κ1) is 10.3. The minimum absolute atomic E-state index is 0. The molecule has 0 aromatic carbocycles. The summed E-state index contributed by atoms with van der Waals surface area (Å²) < 4.78 is 0. The predicted molar refractivity (Wildman–Crippen MR) is 42.1 cm³/mol. The number of pyridine rings is 1. The SMILES string of the molecule is CNc1ncccc1S.[H-].[Na+]. The van der Waals surface area contributed by atoms with Crippen LogP contribution in [0.2, 0.25) is 0 Å². The third-order valence-corrected chi connectivity index (χ3v) is 1.38. The van der Waals surface area contributed by atoms with E-state index in [4.69, 9.17) is 0 Å². The van der Waals surface area contributed by atoms with Gasteiger partial charge in [0.05, 0.1) is 0 Å². The first-order valence-corrected chi connectivity index (χ1v) is 3.11. The van der Waals surface area contributed by atoms with E-state index in [-0.39, 0.29) is 31.0 Å². The molecule has 0 fully saturated rings. The van der Waals surface area contributed by atoms with Crippen molar-refractivity contribution in [2.75, 3.05) is 12.4 Å². The summed E-state index contributed by atoms with van der Waals surface area (Å²) in [5, 5.41) is 2.91. The second-order valence-corrected chi connectivity index (χ2v) is 2.10. The van der Waals surface area contributed by atoms with Gasteiger partial charge in [-0.05, 0) is 12.1 Å². The average molecular weight is 164 g/mol. The number of thiol groups is 1. The zero-order chi connectivity index (χ0) is 6.69. The molecule has 4 heteroatoms. The monoisotopic (exact) mass is 164 g/mol. The Hall–Kier alpha value is 0.300. The van der Waals surface area contributed by atoms with E-state index in [1.54, 1.807) is 6.20 Å². The zero-order valence-corrected chi connectivity index (χ0v) is 9.02. The summed E-state index contributed by atoms with van der Waals surface area (Å²) in [4.78, 5) is 4.88. The topological polar surface area (TPSA) is 24.9 Å². The van der Waals surface area contributed by atoms with Crippen LogP contribution in [-0.4, -0.2) is 12.0 Å². The summed E-state index contributed by atoms with van der Waals surface area (Å²) in [6, 6.07) is 3.74. The van der Waals surface area contributed by atoms with E-state index in [2.05, 4.69) is 22.9 Å². The first-order valence-electron chi connectivity index (χ1n) is 2.66. The van der Waals surface area contributed by atoms with Crippen LogP contribution in [0.5, 0.6) is 0 Å². The molecule has 0 aliphatic rings. The second-order valence-electron chi connectivity index (χ2n) is 1.62. The quantitative estimate of drug-likeness (QED) is 0.391. The molecule has 1 heterocycles. The largest absolute Gasteiger partial charge is 1.00 e. The number of anilines is 1. The Morgan fingerprint density at radius 2 is 2.40 bits per heavy atom. The van der Waals surface area contributed by atoms with Gasteiger partial charge in [0.25, 0.3) is 0 Å². The normalized spacial score (nSPS) is 8.20. The van der Waals surface area contributed by atoms with Crippen molar-refractivity contribution in [2.45, 2.75) is 4.90 Å². The van der Waals surface area contributed by atoms with E-state index in [0.717, 1.165) is 10.7 Å². The van der Waals surface area contributed by atoms with Gasteiger partial charge in [-0.1, -0.05) is 0 Å². The Morgan fingerprint density at radius 3 is 2.80 bits per heavy atom. The molecule has 1 N–H and O–H groups in total. The molecular weight excluding hydrogens is 155 g/mol. The Labute approximate surface area is 89.6 Å². The summed E-state index contributed by atoms with van der Waals surface area (Å²) in [5.74, 6) is 0.820. The predicted octanol–water partition coefficient (Wildman–Crippen LogP) is -1.47. The van der Waals surface area contributed by atoms with Gasteiger partial charge in [0.1, 0.15) is 5.82 Å². The Kier molecular flexibility index (Phi) is 5.17. The summed E-state index contributed by atoms with van der Waals surface area (Å²) in [6.07, 6.45) is 1.73. The van der Waals surface area contributed by atoms with Crippen molar-refractivity contribution in [1.29, 1.82) is 0 Å². The van der Waals surface area contributed by atoms with Crippen LogP contribution in [0.3, 0.4) is 0 Å². The van der Waals surface area contributed by atoms with E-state index < -0.39 is 0 Å². The summed E-state index contributed by atoms with van der Waals surface area (Å²) in [5.41, 5.74) is 0. The number of rotatable bonds is 1. The molecule has 0 spiro atoms. The van der Waals surface area contributed by atoms with Gasteiger partial charge in [-0.15, -0.1) is 12.6 Å². The van der Waals surface area contributed by atoms with Crippen molar-refractivity contribution < 1.29 is 31.0 Å². The minimum atomic E-state index is 0. The van der Waals surface area contributed by atoms with Crippen molar-refractivity contribution in [3.8, 4) is 0 Å². The van der Waals surface area contributed by atoms with Gasteiger partial charge in [0, 0.05) is 18.1 Å². The van der Waals surface area contributed by atoms with Crippen molar-refractivity contribution in [3.63, 3.8) is 0 Å². The van der Waals surface area contributed by atoms with Crippen molar-refractivity contribution in [2.24, 2.45) is 0 Å². The molecule has 0 aliphatic heterocycles. The molecule has 1 aromatic heterocycles. The van der Waals surface area contributed by atoms with Gasteiger partial charge in [0.2, 0.25) is 0 Å². The number of hydrogen-bond donors (Lipinski definition) is 2. The Balaban J connectivity index is 0. The molecule has 0 bridgehead atoms. The Bertz CT molecular complexity index is 210. The van der Waals surface area contributed by atoms with Crippen LogP contribution < -0.4 is 34.9 Å². The Morgan fingerprint density at radius 1 is 1.70 bits per heavy atom. The van der Waals surface area contributed by atoms with E-state index in [9.17, 15) is 0 Å². The number of nitrogens with zero attached hydrogens (tertiary/aromatic N) is 1. The van der Waals surface area contributed by atoms with Crippen LogP contribution >= 0.6 is 12.6 Å². The van der Waals surface area contributed by atoms with Gasteiger partial charge in [0.15, 0.2) is 0 Å². The van der Waals surface area contributed by atoms with Crippen molar-refractivity contribution in [1.82, 2.24) is 4.98 Å². The van der Waals surface area contributed by atoms with Gasteiger partial charge >= 0.3 is 29.6 Å². The number of nitrogens with one attached hydrogen (secondary N) is 1. The summed E-state index contributed by atoms with van der Waals surface area (Å²) in [6.45, 7) is 0. The molecular formula is C6H9N2NaS. The maximum absolute atomic E-state index is 4.15. The molecule has 0 amide bonds. The fourth-order valence-corrected chi connectivity index (χ4v) is 0.845. The molecule has 1 aromatic rings. The second kappa shape index (κ2) is 5.02. The molecule has 0 aliphatic carbocycles. The van der Waals surface area contributed by atoms with Crippen molar-refractivity contribution in [3.05, 3.63) is 18.3 Å². The van der Waals surface area contributed by atoms with E-state index in [1.165, 1.54) is 0 Å². The summed E-state index contributed by atoms with van der Waals surface area (Å²) in [7, 11) is 1.82. The van der Waals surface area contributed by atoms with Crippen molar-refractivity contribution >= 4 is 18.4 Å². The molecule has 0 atom stereocenters. The molecule has 0 saturated heterocycles. The minimum Gasteiger partial charge on any atom is -1.00 e. The third-order valence-electron chi connectivity index (χ3n) is 1.02. The molecule has 0 unspecified atom stereocenters. The fraction of sp³-hybridized carbons (Fsp3) is 0.167. The van der Waals surface area contributed by atoms with Gasteiger partial charge < -0.3 is 6.74 Å². The van der Waals surface area contributed by atoms with Gasteiger partial charge in [-0.3, -0.25) is 0 Å².